The number of alkyl halides is 4. The third-order valence-corrected chi connectivity index (χ3v) is 13.8. The maximum atomic E-state index is 15.7. The lowest BCUT2D eigenvalue weighted by Gasteiger charge is -2.39. The van der Waals surface area contributed by atoms with Gasteiger partial charge in [-0.1, -0.05) is 32.9 Å². The van der Waals surface area contributed by atoms with Crippen molar-refractivity contribution in [2.45, 2.75) is 80.8 Å². The van der Waals surface area contributed by atoms with Gasteiger partial charge in [-0.2, -0.15) is 18.4 Å². The quantitative estimate of drug-likeness (QED) is 0.286. The molecule has 0 aromatic heterocycles. The Hall–Kier alpha value is -2.55. The number of benzene rings is 2. The zero-order valence-corrected chi connectivity index (χ0v) is 23.4. The Bertz CT molecular complexity index is 1480. The molecule has 2 aliphatic rings. The summed E-state index contributed by atoms with van der Waals surface area (Å²) in [7, 11) is -8.59. The summed E-state index contributed by atoms with van der Waals surface area (Å²) in [4.78, 5) is -1.02. The smallest absolute Gasteiger partial charge is 0.407 e. The third-order valence-electron chi connectivity index (χ3n) is 7.78. The van der Waals surface area contributed by atoms with Crippen LogP contribution in [0.3, 0.4) is 0 Å². The van der Waals surface area contributed by atoms with E-state index in [1.165, 1.54) is 12.1 Å². The standard InChI is InChI=1S/C27H28F5NO3SSi/c1-26(2,3)38(4,5)36-25-21(29)13-20-18(9-10-22(24(20)25)37(34,35)27(30,31)32)19-8-6-7-15-11-17(28)12-16(14-33)23(15)19/h8-12,21,25H,6-7,13H2,1-5H3/t21-,25-/m1/s1. The summed E-state index contributed by atoms with van der Waals surface area (Å²) >= 11 is 0. The van der Waals surface area contributed by atoms with Crippen LogP contribution in [-0.4, -0.2) is 28.4 Å². The lowest BCUT2D eigenvalue weighted by Crippen LogP contribution is -2.43. The maximum absolute atomic E-state index is 15.7. The molecule has 0 fully saturated rings. The van der Waals surface area contributed by atoms with Crippen molar-refractivity contribution in [3.8, 4) is 6.07 Å². The molecule has 2 aliphatic carbocycles. The summed E-state index contributed by atoms with van der Waals surface area (Å²) in [5.74, 6) is -0.593. The van der Waals surface area contributed by atoms with E-state index in [1.54, 1.807) is 6.08 Å². The summed E-state index contributed by atoms with van der Waals surface area (Å²) < 4.78 is 103. The predicted molar refractivity (Wildman–Crippen MR) is 136 cm³/mol. The van der Waals surface area contributed by atoms with E-state index in [0.29, 0.717) is 35.1 Å². The van der Waals surface area contributed by atoms with Crippen molar-refractivity contribution < 1.29 is 34.8 Å². The second-order valence-corrected chi connectivity index (χ2v) is 17.9. The molecule has 38 heavy (non-hydrogen) atoms. The highest BCUT2D eigenvalue weighted by molar-refractivity contribution is 7.92. The molecule has 4 nitrogen and oxygen atoms in total. The first-order chi connectivity index (χ1) is 17.4. The molecule has 2 aromatic carbocycles. The zero-order chi connectivity index (χ0) is 28.4. The number of fused-ring (bicyclic) bond motifs is 2. The van der Waals surface area contributed by atoms with Gasteiger partial charge < -0.3 is 4.43 Å². The van der Waals surface area contributed by atoms with Crippen LogP contribution in [0.25, 0.3) is 5.57 Å². The first-order valence-corrected chi connectivity index (χ1v) is 16.5. The van der Waals surface area contributed by atoms with Gasteiger partial charge in [0.25, 0.3) is 9.84 Å². The molecule has 0 unspecified atom stereocenters. The van der Waals surface area contributed by atoms with Crippen molar-refractivity contribution in [3.63, 3.8) is 0 Å². The Kier molecular flexibility index (Phi) is 6.95. The van der Waals surface area contributed by atoms with Gasteiger partial charge in [-0.25, -0.2) is 17.2 Å². The van der Waals surface area contributed by atoms with Crippen LogP contribution in [0, 0.1) is 17.1 Å². The van der Waals surface area contributed by atoms with Gasteiger partial charge in [0.1, 0.15) is 18.1 Å². The van der Waals surface area contributed by atoms with Crippen LogP contribution >= 0.6 is 0 Å². The minimum Gasteiger partial charge on any atom is -0.407 e. The van der Waals surface area contributed by atoms with Gasteiger partial charge in [0, 0.05) is 17.5 Å². The van der Waals surface area contributed by atoms with Crippen molar-refractivity contribution >= 4 is 23.7 Å². The van der Waals surface area contributed by atoms with Crippen LogP contribution in [0.4, 0.5) is 22.0 Å². The van der Waals surface area contributed by atoms with Gasteiger partial charge in [-0.15, -0.1) is 0 Å². The molecule has 0 saturated carbocycles. The molecule has 11 heteroatoms. The van der Waals surface area contributed by atoms with E-state index in [1.807, 2.05) is 39.9 Å². The molecule has 0 heterocycles. The maximum Gasteiger partial charge on any atom is 0.501 e. The molecule has 2 atom stereocenters. The van der Waals surface area contributed by atoms with E-state index in [-0.39, 0.29) is 23.1 Å². The fourth-order valence-corrected chi connectivity index (χ4v) is 7.16. The highest BCUT2D eigenvalue weighted by Crippen LogP contribution is 2.50. The SMILES string of the molecule is CC(C)(C)[Si](C)(C)O[C@H]1c2c(S(=O)(=O)C(F)(F)F)ccc(C3=CCCc4cc(F)cc(C#N)c43)c2C[C@H]1F. The summed E-state index contributed by atoms with van der Waals surface area (Å²) in [6, 6.07) is 6.41. The van der Waals surface area contributed by atoms with Gasteiger partial charge in [0.05, 0.1) is 16.5 Å². The molecule has 2 aromatic rings. The Morgan fingerprint density at radius 3 is 2.37 bits per heavy atom. The number of aryl methyl sites for hydroxylation is 1. The van der Waals surface area contributed by atoms with E-state index in [2.05, 4.69) is 0 Å². The zero-order valence-electron chi connectivity index (χ0n) is 21.6. The fraction of sp³-hybridized carbons (Fsp3) is 0.444. The number of allylic oxidation sites excluding steroid dienone is 1. The Morgan fingerprint density at radius 2 is 1.79 bits per heavy atom. The molecule has 0 bridgehead atoms. The fourth-order valence-electron chi connectivity index (χ4n) is 4.88. The highest BCUT2D eigenvalue weighted by atomic mass is 32.2. The topological polar surface area (TPSA) is 67.2 Å². The Labute approximate surface area is 220 Å². The average molecular weight is 570 g/mol. The molecule has 0 aliphatic heterocycles. The molecule has 204 valence electrons. The number of sulfone groups is 1. The van der Waals surface area contributed by atoms with Crippen molar-refractivity contribution in [2.75, 3.05) is 0 Å². The van der Waals surface area contributed by atoms with E-state index in [9.17, 15) is 31.2 Å². The van der Waals surface area contributed by atoms with Crippen LogP contribution in [0.2, 0.25) is 18.1 Å². The Balaban J connectivity index is 2.01. The van der Waals surface area contributed by atoms with Crippen LogP contribution in [0.5, 0.6) is 0 Å². The van der Waals surface area contributed by atoms with Crippen LogP contribution in [-0.2, 0) is 27.1 Å². The molecule has 4 rings (SSSR count). The predicted octanol–water partition coefficient (Wildman–Crippen LogP) is 7.33. The van der Waals surface area contributed by atoms with Crippen molar-refractivity contribution in [1.82, 2.24) is 0 Å². The normalized spacial score (nSPS) is 20.0. The minimum atomic E-state index is -5.83. The number of halogens is 5. The molecule has 0 amide bonds. The van der Waals surface area contributed by atoms with E-state index in [0.717, 1.165) is 12.1 Å². The van der Waals surface area contributed by atoms with E-state index < -0.39 is 51.7 Å². The number of rotatable bonds is 4. The van der Waals surface area contributed by atoms with Crippen LogP contribution in [0.15, 0.2) is 35.2 Å². The second kappa shape index (κ2) is 9.28. The van der Waals surface area contributed by atoms with E-state index in [4.69, 9.17) is 4.43 Å². The number of hydrogen-bond acceptors (Lipinski definition) is 4. The van der Waals surface area contributed by atoms with Crippen LogP contribution in [0.1, 0.15) is 66.7 Å². The van der Waals surface area contributed by atoms with Crippen molar-refractivity contribution in [2.24, 2.45) is 0 Å². The van der Waals surface area contributed by atoms with Gasteiger partial charge in [0.2, 0.25) is 0 Å². The molecule has 0 N–H and O–H groups in total. The third kappa shape index (κ3) is 4.60. The Morgan fingerprint density at radius 1 is 1.13 bits per heavy atom. The lowest BCUT2D eigenvalue weighted by atomic mass is 9.82. The summed E-state index contributed by atoms with van der Waals surface area (Å²) in [5, 5.41) is 9.26. The molecule has 0 spiro atoms. The van der Waals surface area contributed by atoms with Crippen molar-refractivity contribution in [1.29, 1.82) is 5.26 Å². The number of nitriles is 1. The monoisotopic (exact) mass is 569 g/mol. The average Bonchev–Trinajstić information content (AvgIpc) is 3.11. The molecule has 0 saturated heterocycles. The van der Waals surface area contributed by atoms with Gasteiger partial charge >= 0.3 is 5.51 Å². The van der Waals surface area contributed by atoms with Crippen molar-refractivity contribution in [3.05, 3.63) is 69.5 Å². The molecule has 0 radical (unpaired) electrons. The lowest BCUT2D eigenvalue weighted by molar-refractivity contribution is -0.0437. The van der Waals surface area contributed by atoms with Gasteiger partial charge in [0.15, 0.2) is 8.32 Å². The first kappa shape index (κ1) is 28.5. The number of nitrogens with zero attached hydrogens (tertiary/aromatic N) is 1. The number of hydrogen-bond donors (Lipinski definition) is 0. The second-order valence-electron chi connectivity index (χ2n) is 11.2. The summed E-state index contributed by atoms with van der Waals surface area (Å²) in [6.07, 6.45) is -0.987. The van der Waals surface area contributed by atoms with Crippen LogP contribution < -0.4 is 0 Å². The summed E-state index contributed by atoms with van der Waals surface area (Å²) in [6.45, 7) is 9.29. The highest BCUT2D eigenvalue weighted by Gasteiger charge is 2.52. The molecular weight excluding hydrogens is 541 g/mol. The summed E-state index contributed by atoms with van der Waals surface area (Å²) in [5.41, 5.74) is -4.08. The first-order valence-electron chi connectivity index (χ1n) is 12.1. The van der Waals surface area contributed by atoms with E-state index >= 15 is 4.39 Å². The largest absolute Gasteiger partial charge is 0.501 e. The minimum absolute atomic E-state index is 0.0376. The van der Waals surface area contributed by atoms with Gasteiger partial charge in [-0.05, 0) is 71.4 Å². The van der Waals surface area contributed by atoms with Gasteiger partial charge in [-0.3, -0.25) is 0 Å². The molecular formula is C27H28F5NO3SSi.